The molecule has 88 valence electrons. The highest BCUT2D eigenvalue weighted by Gasteiger charge is 2.01. The van der Waals surface area contributed by atoms with Crippen LogP contribution >= 0.6 is 11.3 Å². The minimum Gasteiger partial charge on any atom is -0.366 e. The van der Waals surface area contributed by atoms with Gasteiger partial charge in [-0.2, -0.15) is 0 Å². The van der Waals surface area contributed by atoms with Crippen LogP contribution in [-0.2, 0) is 11.2 Å². The van der Waals surface area contributed by atoms with Crippen molar-refractivity contribution in [3.8, 4) is 0 Å². The number of hydrogen-bond donors (Lipinski definition) is 1. The van der Waals surface area contributed by atoms with E-state index in [1.165, 1.54) is 37.3 Å². The van der Waals surface area contributed by atoms with Gasteiger partial charge in [-0.25, -0.2) is 0 Å². The number of hydrogen-bond acceptors (Lipinski definition) is 2. The molecule has 0 aliphatic heterocycles. The third kappa shape index (κ3) is 4.62. The Hall–Kier alpha value is -1.09. The van der Waals surface area contributed by atoms with Gasteiger partial charge in [0.25, 0.3) is 0 Å². The van der Waals surface area contributed by atoms with E-state index in [0.717, 1.165) is 11.3 Å². The molecule has 2 nitrogen and oxygen atoms in total. The molecule has 0 spiro atoms. The van der Waals surface area contributed by atoms with Gasteiger partial charge in [0.2, 0.25) is 5.91 Å². The summed E-state index contributed by atoms with van der Waals surface area (Å²) in [5.74, 6) is -0.384. The summed E-state index contributed by atoms with van der Waals surface area (Å²) in [7, 11) is 0. The lowest BCUT2D eigenvalue weighted by molar-refractivity contribution is -0.113. The fraction of sp³-hybridized carbons (Fsp3) is 0.462. The lowest BCUT2D eigenvalue weighted by Gasteiger charge is -1.99. The maximum atomic E-state index is 10.6. The normalized spacial score (nSPS) is 11.1. The summed E-state index contributed by atoms with van der Waals surface area (Å²) in [4.78, 5) is 11.8. The zero-order chi connectivity index (χ0) is 11.8. The van der Waals surface area contributed by atoms with Crippen LogP contribution in [0, 0.1) is 0 Å². The van der Waals surface area contributed by atoms with E-state index in [0.29, 0.717) is 0 Å². The van der Waals surface area contributed by atoms with Crippen LogP contribution in [0.5, 0.6) is 0 Å². The Morgan fingerprint density at radius 3 is 2.94 bits per heavy atom. The van der Waals surface area contributed by atoms with E-state index < -0.39 is 0 Å². The molecule has 0 aromatic carbocycles. The molecule has 1 aromatic heterocycles. The van der Waals surface area contributed by atoms with Gasteiger partial charge in [0.1, 0.15) is 0 Å². The van der Waals surface area contributed by atoms with Crippen LogP contribution in [0.1, 0.15) is 43.0 Å². The summed E-state index contributed by atoms with van der Waals surface area (Å²) in [6, 6.07) is 2.14. The number of thiophene rings is 1. The highest BCUT2D eigenvalue weighted by molar-refractivity contribution is 7.11. The van der Waals surface area contributed by atoms with E-state index in [9.17, 15) is 4.79 Å². The quantitative estimate of drug-likeness (QED) is 0.573. The Morgan fingerprint density at radius 2 is 2.25 bits per heavy atom. The fourth-order valence-corrected chi connectivity index (χ4v) is 2.45. The van der Waals surface area contributed by atoms with Gasteiger partial charge in [-0.1, -0.05) is 26.2 Å². The Morgan fingerprint density at radius 1 is 1.44 bits per heavy atom. The van der Waals surface area contributed by atoms with Gasteiger partial charge in [-0.15, -0.1) is 11.3 Å². The standard InChI is InChI=1S/C13H19NOS/c1-2-3-4-5-6-11-9-10-16-12(11)7-8-13(14)15/h7-10H,2-6H2,1H3,(H2,14,15). The maximum absolute atomic E-state index is 10.6. The van der Waals surface area contributed by atoms with Crippen molar-refractivity contribution >= 4 is 23.3 Å². The second-order valence-electron chi connectivity index (χ2n) is 3.86. The summed E-state index contributed by atoms with van der Waals surface area (Å²) in [5.41, 5.74) is 6.41. The number of rotatable bonds is 7. The first kappa shape index (κ1) is 13.0. The Kier molecular flexibility index (Phi) is 5.86. The largest absolute Gasteiger partial charge is 0.366 e. The number of amides is 1. The highest BCUT2D eigenvalue weighted by atomic mass is 32.1. The predicted octanol–water partition coefficient (Wildman–Crippen LogP) is 3.37. The molecule has 0 saturated carbocycles. The first-order valence-electron chi connectivity index (χ1n) is 5.78. The highest BCUT2D eigenvalue weighted by Crippen LogP contribution is 2.20. The molecular weight excluding hydrogens is 218 g/mol. The molecule has 1 amide bonds. The molecule has 0 aliphatic carbocycles. The maximum Gasteiger partial charge on any atom is 0.241 e. The van der Waals surface area contributed by atoms with Crippen LogP contribution in [0.4, 0.5) is 0 Å². The van der Waals surface area contributed by atoms with Crippen molar-refractivity contribution in [1.29, 1.82) is 0 Å². The van der Waals surface area contributed by atoms with Gasteiger partial charge in [-0.3, -0.25) is 4.79 Å². The van der Waals surface area contributed by atoms with Crippen molar-refractivity contribution in [2.75, 3.05) is 0 Å². The van der Waals surface area contributed by atoms with Gasteiger partial charge in [-0.05, 0) is 35.9 Å². The third-order valence-corrected chi connectivity index (χ3v) is 3.40. The van der Waals surface area contributed by atoms with Crippen molar-refractivity contribution < 1.29 is 4.79 Å². The lowest BCUT2D eigenvalue weighted by atomic mass is 10.1. The second-order valence-corrected chi connectivity index (χ2v) is 4.80. The molecular formula is C13H19NOS. The van der Waals surface area contributed by atoms with Crippen LogP contribution in [-0.4, -0.2) is 5.91 Å². The van der Waals surface area contributed by atoms with Gasteiger partial charge < -0.3 is 5.73 Å². The zero-order valence-electron chi connectivity index (χ0n) is 9.74. The van der Waals surface area contributed by atoms with Crippen LogP contribution in [0.15, 0.2) is 17.5 Å². The van der Waals surface area contributed by atoms with Crippen molar-refractivity contribution in [1.82, 2.24) is 0 Å². The molecule has 0 unspecified atom stereocenters. The number of nitrogens with two attached hydrogens (primary N) is 1. The summed E-state index contributed by atoms with van der Waals surface area (Å²) in [6.45, 7) is 2.21. The fourth-order valence-electron chi connectivity index (χ4n) is 1.60. The number of unbranched alkanes of at least 4 members (excludes halogenated alkanes) is 3. The number of carbonyl (C=O) groups excluding carboxylic acids is 1. The number of carbonyl (C=O) groups is 1. The minimum absolute atomic E-state index is 0.384. The molecule has 0 fully saturated rings. The van der Waals surface area contributed by atoms with Crippen LogP contribution < -0.4 is 5.73 Å². The second kappa shape index (κ2) is 7.23. The average Bonchev–Trinajstić information content (AvgIpc) is 2.69. The van der Waals surface area contributed by atoms with E-state index in [2.05, 4.69) is 18.4 Å². The average molecular weight is 237 g/mol. The summed E-state index contributed by atoms with van der Waals surface area (Å²) in [5, 5.41) is 2.07. The van der Waals surface area contributed by atoms with Crippen molar-refractivity contribution in [3.05, 3.63) is 28.0 Å². The van der Waals surface area contributed by atoms with E-state index in [-0.39, 0.29) is 5.91 Å². The zero-order valence-corrected chi connectivity index (χ0v) is 10.6. The monoisotopic (exact) mass is 237 g/mol. The molecule has 1 aromatic rings. The van der Waals surface area contributed by atoms with Gasteiger partial charge >= 0.3 is 0 Å². The first-order chi connectivity index (χ1) is 7.74. The SMILES string of the molecule is CCCCCCc1ccsc1C=CC(N)=O. The molecule has 16 heavy (non-hydrogen) atoms. The van der Waals surface area contributed by atoms with Gasteiger partial charge in [0.05, 0.1) is 0 Å². The van der Waals surface area contributed by atoms with Crippen molar-refractivity contribution in [3.63, 3.8) is 0 Å². The Balaban J connectivity index is 2.47. The molecule has 0 bridgehead atoms. The number of primary amides is 1. The molecule has 0 aliphatic rings. The van der Waals surface area contributed by atoms with Crippen LogP contribution in [0.3, 0.4) is 0 Å². The van der Waals surface area contributed by atoms with Crippen molar-refractivity contribution in [2.45, 2.75) is 39.0 Å². The molecule has 1 heterocycles. The third-order valence-electron chi connectivity index (χ3n) is 2.48. The summed E-state index contributed by atoms with van der Waals surface area (Å²) < 4.78 is 0. The molecule has 0 saturated heterocycles. The van der Waals surface area contributed by atoms with Crippen molar-refractivity contribution in [2.24, 2.45) is 5.73 Å². The summed E-state index contributed by atoms with van der Waals surface area (Å²) >= 11 is 1.66. The lowest BCUT2D eigenvalue weighted by Crippen LogP contribution is -2.05. The molecule has 0 atom stereocenters. The van der Waals surface area contributed by atoms with Gasteiger partial charge in [0, 0.05) is 11.0 Å². The molecule has 1 rings (SSSR count). The van der Waals surface area contributed by atoms with E-state index in [4.69, 9.17) is 5.73 Å². The Labute approximate surface area is 101 Å². The minimum atomic E-state index is -0.384. The topological polar surface area (TPSA) is 43.1 Å². The van der Waals surface area contributed by atoms with E-state index in [1.54, 1.807) is 11.3 Å². The first-order valence-corrected chi connectivity index (χ1v) is 6.66. The van der Waals surface area contributed by atoms with Crippen LogP contribution in [0.2, 0.25) is 0 Å². The molecule has 3 heteroatoms. The number of aryl methyl sites for hydroxylation is 1. The van der Waals surface area contributed by atoms with E-state index >= 15 is 0 Å². The van der Waals surface area contributed by atoms with Gasteiger partial charge in [0.15, 0.2) is 0 Å². The molecule has 2 N–H and O–H groups in total. The smallest absolute Gasteiger partial charge is 0.241 e. The summed E-state index contributed by atoms with van der Waals surface area (Å²) in [6.07, 6.45) is 9.42. The Bertz CT molecular complexity index is 355. The molecule has 0 radical (unpaired) electrons. The van der Waals surface area contributed by atoms with Crippen LogP contribution in [0.25, 0.3) is 6.08 Å². The van der Waals surface area contributed by atoms with E-state index in [1.807, 2.05) is 6.08 Å². The predicted molar refractivity (Wildman–Crippen MR) is 70.4 cm³/mol.